The lowest BCUT2D eigenvalue weighted by Gasteiger charge is -2.08. The van der Waals surface area contributed by atoms with Crippen molar-refractivity contribution < 1.29 is 27.9 Å². The number of hydrogen-bond acceptors (Lipinski definition) is 5. The smallest absolute Gasteiger partial charge is 0.326 e. The molecule has 0 aliphatic heterocycles. The van der Waals surface area contributed by atoms with Crippen LogP contribution in [0, 0.1) is 5.82 Å². The van der Waals surface area contributed by atoms with Crippen LogP contribution in [0.25, 0.3) is 0 Å². The molecule has 0 bridgehead atoms. The van der Waals surface area contributed by atoms with Gasteiger partial charge in [-0.25, -0.2) is 9.18 Å². The van der Waals surface area contributed by atoms with E-state index in [1.54, 1.807) is 12.1 Å². The Morgan fingerprint density at radius 3 is 2.62 bits per heavy atom. The van der Waals surface area contributed by atoms with Gasteiger partial charge in [0.25, 0.3) is 5.91 Å². The molecular weight excluding hydrogens is 319 g/mol. The van der Waals surface area contributed by atoms with Crippen molar-refractivity contribution >= 4 is 23.6 Å². The maximum absolute atomic E-state index is 13.3. The summed E-state index contributed by atoms with van der Waals surface area (Å²) in [5.41, 5.74) is -0.0711. The summed E-state index contributed by atoms with van der Waals surface area (Å²) in [4.78, 5) is 34.5. The molecule has 2 aromatic rings. The van der Waals surface area contributed by atoms with Crippen molar-refractivity contribution in [3.8, 4) is 0 Å². The van der Waals surface area contributed by atoms with Crippen LogP contribution in [0.1, 0.15) is 12.2 Å². The topological polar surface area (TPSA) is 97.6 Å². The van der Waals surface area contributed by atoms with Gasteiger partial charge in [0.2, 0.25) is 0 Å². The van der Waals surface area contributed by atoms with Gasteiger partial charge in [-0.2, -0.15) is 0 Å². The third-order valence-corrected chi connectivity index (χ3v) is 2.89. The van der Waals surface area contributed by atoms with E-state index >= 15 is 0 Å². The SMILES string of the molecule is O=C(COC(=O)CCc1ccco1)NC(=O)Nc1ccccc1F. The Hall–Kier alpha value is -3.16. The van der Waals surface area contributed by atoms with Gasteiger partial charge in [0.15, 0.2) is 6.61 Å². The van der Waals surface area contributed by atoms with Gasteiger partial charge >= 0.3 is 12.0 Å². The molecule has 2 N–H and O–H groups in total. The quantitative estimate of drug-likeness (QED) is 0.790. The Morgan fingerprint density at radius 1 is 1.12 bits per heavy atom. The molecule has 0 radical (unpaired) electrons. The van der Waals surface area contributed by atoms with Gasteiger partial charge in [0.05, 0.1) is 18.4 Å². The Balaban J connectivity index is 1.68. The summed E-state index contributed by atoms with van der Waals surface area (Å²) in [5.74, 6) is -1.43. The molecule has 1 aromatic heterocycles. The van der Waals surface area contributed by atoms with E-state index in [9.17, 15) is 18.8 Å². The lowest BCUT2D eigenvalue weighted by atomic mass is 10.2. The van der Waals surface area contributed by atoms with Crippen molar-refractivity contribution in [2.75, 3.05) is 11.9 Å². The number of nitrogens with one attached hydrogen (secondary N) is 2. The largest absolute Gasteiger partial charge is 0.469 e. The molecule has 24 heavy (non-hydrogen) atoms. The fraction of sp³-hybridized carbons (Fsp3) is 0.188. The first-order valence-corrected chi connectivity index (χ1v) is 7.08. The molecule has 2 rings (SSSR count). The number of esters is 1. The minimum absolute atomic E-state index is 0.0439. The number of amides is 3. The molecule has 0 aliphatic rings. The molecule has 3 amide bonds. The number of furan rings is 1. The molecule has 1 aromatic carbocycles. The van der Waals surface area contributed by atoms with E-state index in [1.165, 1.54) is 24.5 Å². The number of carbonyl (C=O) groups excluding carboxylic acids is 3. The summed E-state index contributed by atoms with van der Waals surface area (Å²) in [6, 6.07) is 7.99. The van der Waals surface area contributed by atoms with Crippen molar-refractivity contribution in [1.29, 1.82) is 0 Å². The Kier molecular flexibility index (Phi) is 6.07. The molecule has 0 saturated heterocycles. The predicted octanol–water partition coefficient (Wildman–Crippen LogP) is 2.24. The summed E-state index contributed by atoms with van der Waals surface area (Å²) >= 11 is 0. The molecule has 8 heteroatoms. The molecule has 7 nitrogen and oxygen atoms in total. The minimum atomic E-state index is -0.920. The zero-order valence-electron chi connectivity index (χ0n) is 12.6. The van der Waals surface area contributed by atoms with Gasteiger partial charge in [-0.05, 0) is 24.3 Å². The van der Waals surface area contributed by atoms with Crippen LogP contribution in [0.4, 0.5) is 14.9 Å². The third-order valence-electron chi connectivity index (χ3n) is 2.89. The zero-order valence-corrected chi connectivity index (χ0v) is 12.6. The first-order valence-electron chi connectivity index (χ1n) is 7.08. The van der Waals surface area contributed by atoms with E-state index < -0.39 is 30.3 Å². The molecule has 0 unspecified atom stereocenters. The molecule has 0 spiro atoms. The minimum Gasteiger partial charge on any atom is -0.469 e. The first-order chi connectivity index (χ1) is 11.5. The number of rotatable bonds is 6. The average Bonchev–Trinajstić information content (AvgIpc) is 3.06. The molecule has 126 valence electrons. The van der Waals surface area contributed by atoms with E-state index in [0.717, 1.165) is 6.07 Å². The van der Waals surface area contributed by atoms with Crippen LogP contribution in [0.2, 0.25) is 0 Å². The highest BCUT2D eigenvalue weighted by molar-refractivity contribution is 6.01. The van der Waals surface area contributed by atoms with Gasteiger partial charge in [-0.3, -0.25) is 14.9 Å². The van der Waals surface area contributed by atoms with Crippen molar-refractivity contribution in [2.45, 2.75) is 12.8 Å². The van der Waals surface area contributed by atoms with Crippen LogP contribution in [0.5, 0.6) is 0 Å². The van der Waals surface area contributed by atoms with Crippen molar-refractivity contribution in [3.05, 3.63) is 54.2 Å². The second-order valence-corrected chi connectivity index (χ2v) is 4.72. The lowest BCUT2D eigenvalue weighted by molar-refractivity contribution is -0.148. The van der Waals surface area contributed by atoms with Crippen molar-refractivity contribution in [2.24, 2.45) is 0 Å². The highest BCUT2D eigenvalue weighted by Crippen LogP contribution is 2.11. The summed E-state index contributed by atoms with van der Waals surface area (Å²) in [6.45, 7) is -0.609. The van der Waals surface area contributed by atoms with Crippen LogP contribution >= 0.6 is 0 Å². The molecule has 0 saturated carbocycles. The van der Waals surface area contributed by atoms with Crippen LogP contribution in [-0.2, 0) is 20.7 Å². The van der Waals surface area contributed by atoms with Crippen LogP contribution in [0.3, 0.4) is 0 Å². The van der Waals surface area contributed by atoms with E-state index in [2.05, 4.69) is 5.32 Å². The lowest BCUT2D eigenvalue weighted by Crippen LogP contribution is -2.37. The summed E-state index contributed by atoms with van der Waals surface area (Å²) in [5, 5.41) is 4.10. The second-order valence-electron chi connectivity index (χ2n) is 4.72. The van der Waals surface area contributed by atoms with Gasteiger partial charge in [0, 0.05) is 6.42 Å². The predicted molar refractivity (Wildman–Crippen MR) is 81.5 cm³/mol. The zero-order chi connectivity index (χ0) is 17.4. The standard InChI is InChI=1S/C16H15FN2O5/c17-12-5-1-2-6-13(12)18-16(22)19-14(20)10-24-15(21)8-7-11-4-3-9-23-11/h1-6,9H,7-8,10H2,(H2,18,19,20,22). The number of carbonyl (C=O) groups is 3. The van der Waals surface area contributed by atoms with Crippen molar-refractivity contribution in [3.63, 3.8) is 0 Å². The number of halogens is 1. The summed E-state index contributed by atoms with van der Waals surface area (Å²) < 4.78 is 23.1. The molecular formula is C16H15FN2O5. The molecule has 0 aliphatic carbocycles. The Labute approximate surface area is 136 Å². The van der Waals surface area contributed by atoms with Gasteiger partial charge in [0.1, 0.15) is 11.6 Å². The summed E-state index contributed by atoms with van der Waals surface area (Å²) in [6.07, 6.45) is 1.88. The Morgan fingerprint density at radius 2 is 1.92 bits per heavy atom. The van der Waals surface area contributed by atoms with E-state index in [1.807, 2.05) is 5.32 Å². The van der Waals surface area contributed by atoms with Gasteiger partial charge in [-0.15, -0.1) is 0 Å². The van der Waals surface area contributed by atoms with E-state index in [-0.39, 0.29) is 12.1 Å². The number of ether oxygens (including phenoxy) is 1. The maximum Gasteiger partial charge on any atom is 0.326 e. The number of imide groups is 1. The fourth-order valence-corrected chi connectivity index (χ4v) is 1.78. The van der Waals surface area contributed by atoms with Gasteiger partial charge < -0.3 is 14.5 Å². The highest BCUT2D eigenvalue weighted by Gasteiger charge is 2.12. The normalized spacial score (nSPS) is 10.0. The van der Waals surface area contributed by atoms with Gasteiger partial charge in [-0.1, -0.05) is 12.1 Å². The van der Waals surface area contributed by atoms with E-state index in [0.29, 0.717) is 12.2 Å². The highest BCUT2D eigenvalue weighted by atomic mass is 19.1. The molecule has 1 heterocycles. The molecule has 0 fully saturated rings. The second kappa shape index (κ2) is 8.47. The monoisotopic (exact) mass is 334 g/mol. The number of urea groups is 1. The Bertz CT molecular complexity index is 715. The number of benzene rings is 1. The third kappa shape index (κ3) is 5.56. The van der Waals surface area contributed by atoms with E-state index in [4.69, 9.17) is 9.15 Å². The number of aryl methyl sites for hydroxylation is 1. The average molecular weight is 334 g/mol. The van der Waals surface area contributed by atoms with Crippen LogP contribution in [0.15, 0.2) is 47.1 Å². The number of para-hydroxylation sites is 1. The number of anilines is 1. The molecule has 0 atom stereocenters. The van der Waals surface area contributed by atoms with Crippen LogP contribution in [-0.4, -0.2) is 24.5 Å². The summed E-state index contributed by atoms with van der Waals surface area (Å²) in [7, 11) is 0. The van der Waals surface area contributed by atoms with Crippen LogP contribution < -0.4 is 10.6 Å². The van der Waals surface area contributed by atoms with Crippen molar-refractivity contribution in [1.82, 2.24) is 5.32 Å². The first kappa shape index (κ1) is 17.2. The number of hydrogen-bond donors (Lipinski definition) is 2. The fourth-order valence-electron chi connectivity index (χ4n) is 1.78. The maximum atomic E-state index is 13.3.